The van der Waals surface area contributed by atoms with Crippen LogP contribution in [0.4, 0.5) is 0 Å². The first-order chi connectivity index (χ1) is 5.39. The number of aliphatic hydroxyl groups is 2. The molecule has 0 fully saturated rings. The molecule has 0 saturated heterocycles. The Hall–Kier alpha value is -0.300. The smallest absolute Gasteiger partial charge is 0.321 e. The summed E-state index contributed by atoms with van der Waals surface area (Å²) in [5.74, 6) is -1.16. The third-order valence-electron chi connectivity index (χ3n) is 1.27. The van der Waals surface area contributed by atoms with E-state index in [1.54, 1.807) is 6.92 Å². The molecule has 0 aliphatic rings. The number of hydrogen-bond acceptors (Lipinski definition) is 5. The van der Waals surface area contributed by atoms with Crippen LogP contribution in [0.3, 0.4) is 0 Å². The Labute approximate surface area is 74.6 Å². The lowest BCUT2D eigenvalue weighted by Gasteiger charge is -2.19. The van der Waals surface area contributed by atoms with Gasteiger partial charge in [0.15, 0.2) is 0 Å². The second-order valence-corrected chi connectivity index (χ2v) is 3.63. The summed E-state index contributed by atoms with van der Waals surface area (Å²) in [6.07, 6.45) is 0.129. The molecule has 0 radical (unpaired) electrons. The van der Waals surface area contributed by atoms with Crippen molar-refractivity contribution in [1.29, 1.82) is 0 Å². The Bertz CT molecular complexity index is 162. The SMILES string of the molecule is CCC(O)(O)SC[C@H](N)C(=O)O. The van der Waals surface area contributed by atoms with Gasteiger partial charge in [0.2, 0.25) is 5.12 Å². The third kappa shape index (κ3) is 4.55. The van der Waals surface area contributed by atoms with Crippen molar-refractivity contribution in [3.8, 4) is 0 Å². The average molecular weight is 195 g/mol. The molecule has 0 aromatic rings. The summed E-state index contributed by atoms with van der Waals surface area (Å²) >= 11 is 0.720. The molecule has 5 nitrogen and oxygen atoms in total. The number of thioether (sulfide) groups is 1. The Kier molecular flexibility index (Phi) is 4.54. The fraction of sp³-hybridized carbons (Fsp3) is 0.833. The molecule has 0 rings (SSSR count). The van der Waals surface area contributed by atoms with E-state index in [0.717, 1.165) is 11.8 Å². The van der Waals surface area contributed by atoms with Gasteiger partial charge < -0.3 is 21.1 Å². The minimum atomic E-state index is -1.87. The van der Waals surface area contributed by atoms with Gasteiger partial charge in [0.1, 0.15) is 6.04 Å². The van der Waals surface area contributed by atoms with E-state index in [4.69, 9.17) is 21.1 Å². The van der Waals surface area contributed by atoms with Gasteiger partial charge in [0.25, 0.3) is 0 Å². The van der Waals surface area contributed by atoms with E-state index in [0.29, 0.717) is 0 Å². The van der Waals surface area contributed by atoms with Crippen LogP contribution in [-0.2, 0) is 4.79 Å². The second kappa shape index (κ2) is 4.66. The molecule has 72 valence electrons. The van der Waals surface area contributed by atoms with Gasteiger partial charge in [-0.15, -0.1) is 0 Å². The second-order valence-electron chi connectivity index (χ2n) is 2.35. The van der Waals surface area contributed by atoms with Crippen molar-refractivity contribution in [1.82, 2.24) is 0 Å². The molecule has 0 aromatic carbocycles. The lowest BCUT2D eigenvalue weighted by molar-refractivity contribution is -0.137. The van der Waals surface area contributed by atoms with Crippen molar-refractivity contribution in [3.63, 3.8) is 0 Å². The van der Waals surface area contributed by atoms with Gasteiger partial charge in [-0.25, -0.2) is 0 Å². The largest absolute Gasteiger partial charge is 0.480 e. The number of hydrogen-bond donors (Lipinski definition) is 4. The molecule has 0 aliphatic heterocycles. The fourth-order valence-corrected chi connectivity index (χ4v) is 1.19. The van der Waals surface area contributed by atoms with Gasteiger partial charge in [-0.2, -0.15) is 0 Å². The van der Waals surface area contributed by atoms with E-state index in [1.807, 2.05) is 0 Å². The summed E-state index contributed by atoms with van der Waals surface area (Å²) in [5, 5.41) is 24.5. The highest BCUT2D eigenvalue weighted by molar-refractivity contribution is 8.00. The Balaban J connectivity index is 3.75. The Morgan fingerprint density at radius 3 is 2.50 bits per heavy atom. The highest BCUT2D eigenvalue weighted by atomic mass is 32.2. The molecule has 0 bridgehead atoms. The number of aliphatic carboxylic acids is 1. The maximum absolute atomic E-state index is 10.2. The van der Waals surface area contributed by atoms with Gasteiger partial charge in [-0.1, -0.05) is 18.7 Å². The van der Waals surface area contributed by atoms with Crippen LogP contribution in [0.15, 0.2) is 0 Å². The predicted octanol–water partition coefficient (Wildman–Crippen LogP) is -0.820. The maximum Gasteiger partial charge on any atom is 0.321 e. The molecule has 0 heterocycles. The quantitative estimate of drug-likeness (QED) is 0.427. The van der Waals surface area contributed by atoms with E-state index >= 15 is 0 Å². The monoisotopic (exact) mass is 195 g/mol. The number of rotatable bonds is 5. The molecule has 0 amide bonds. The summed E-state index contributed by atoms with van der Waals surface area (Å²) in [6, 6.07) is -1.06. The molecular weight excluding hydrogens is 182 g/mol. The standard InChI is InChI=1S/C6H13NO4S/c1-2-6(10,11)12-3-4(7)5(8)9/h4,10-11H,2-3,7H2,1H3,(H,8,9)/t4-/m0/s1. The van der Waals surface area contributed by atoms with Gasteiger partial charge in [-0.05, 0) is 0 Å². The van der Waals surface area contributed by atoms with Crippen LogP contribution < -0.4 is 5.73 Å². The van der Waals surface area contributed by atoms with Crippen molar-refractivity contribution >= 4 is 17.7 Å². The summed E-state index contributed by atoms with van der Waals surface area (Å²) < 4.78 is 0. The zero-order valence-corrected chi connectivity index (χ0v) is 7.54. The van der Waals surface area contributed by atoms with Gasteiger partial charge in [-0.3, -0.25) is 4.79 Å². The van der Waals surface area contributed by atoms with Crippen molar-refractivity contribution in [3.05, 3.63) is 0 Å². The minimum absolute atomic E-state index is 0.0177. The lowest BCUT2D eigenvalue weighted by atomic mass is 10.4. The van der Waals surface area contributed by atoms with Gasteiger partial charge in [0.05, 0.1) is 0 Å². The van der Waals surface area contributed by atoms with E-state index in [2.05, 4.69) is 0 Å². The average Bonchev–Trinajstić information content (AvgIpc) is 2.00. The van der Waals surface area contributed by atoms with Crippen LogP contribution in [0.5, 0.6) is 0 Å². The third-order valence-corrected chi connectivity index (χ3v) is 2.55. The van der Waals surface area contributed by atoms with Crippen LogP contribution >= 0.6 is 11.8 Å². The number of carboxylic acids is 1. The molecule has 0 spiro atoms. The minimum Gasteiger partial charge on any atom is -0.480 e. The van der Waals surface area contributed by atoms with Crippen molar-refractivity contribution in [2.24, 2.45) is 5.73 Å². The van der Waals surface area contributed by atoms with Crippen LogP contribution in [0.1, 0.15) is 13.3 Å². The Morgan fingerprint density at radius 2 is 2.17 bits per heavy atom. The topological polar surface area (TPSA) is 104 Å². The summed E-state index contributed by atoms with van der Waals surface area (Å²) in [7, 11) is 0. The first-order valence-corrected chi connectivity index (χ1v) is 4.44. The highest BCUT2D eigenvalue weighted by Crippen LogP contribution is 2.22. The Morgan fingerprint density at radius 1 is 1.67 bits per heavy atom. The summed E-state index contributed by atoms with van der Waals surface area (Å²) in [4.78, 5) is 10.2. The molecule has 0 saturated carbocycles. The molecule has 0 aromatic heterocycles. The van der Waals surface area contributed by atoms with Crippen LogP contribution in [-0.4, -0.2) is 38.2 Å². The molecule has 1 atom stereocenters. The van der Waals surface area contributed by atoms with E-state index in [1.165, 1.54) is 0 Å². The van der Waals surface area contributed by atoms with Gasteiger partial charge in [0, 0.05) is 12.2 Å². The first kappa shape index (κ1) is 11.7. The summed E-state index contributed by atoms with van der Waals surface area (Å²) in [6.45, 7) is 1.58. The molecule has 6 heteroatoms. The van der Waals surface area contributed by atoms with Crippen LogP contribution in [0.25, 0.3) is 0 Å². The maximum atomic E-state index is 10.2. The number of carbonyl (C=O) groups is 1. The van der Waals surface area contributed by atoms with Crippen LogP contribution in [0.2, 0.25) is 0 Å². The molecule has 12 heavy (non-hydrogen) atoms. The lowest BCUT2D eigenvalue weighted by Crippen LogP contribution is -2.35. The molecule has 5 N–H and O–H groups in total. The normalized spacial score (nSPS) is 14.3. The zero-order valence-electron chi connectivity index (χ0n) is 6.73. The molecule has 0 unspecified atom stereocenters. The van der Waals surface area contributed by atoms with Crippen molar-refractivity contribution in [2.45, 2.75) is 24.5 Å². The van der Waals surface area contributed by atoms with Crippen LogP contribution in [0, 0.1) is 0 Å². The molecule has 0 aliphatic carbocycles. The van der Waals surface area contributed by atoms with Gasteiger partial charge >= 0.3 is 5.97 Å². The van der Waals surface area contributed by atoms with E-state index < -0.39 is 17.1 Å². The van der Waals surface area contributed by atoms with Crippen molar-refractivity contribution < 1.29 is 20.1 Å². The van der Waals surface area contributed by atoms with E-state index in [-0.39, 0.29) is 12.2 Å². The van der Waals surface area contributed by atoms with Crippen molar-refractivity contribution in [2.75, 3.05) is 5.75 Å². The highest BCUT2D eigenvalue weighted by Gasteiger charge is 2.23. The predicted molar refractivity (Wildman–Crippen MR) is 45.5 cm³/mol. The fourth-order valence-electron chi connectivity index (χ4n) is 0.397. The molecular formula is C6H13NO4S. The van der Waals surface area contributed by atoms with E-state index in [9.17, 15) is 4.79 Å². The zero-order chi connectivity index (χ0) is 9.78. The number of carboxylic acid groups (broad SMARTS) is 1. The number of nitrogens with two attached hydrogens (primary N) is 1. The summed E-state index contributed by atoms with van der Waals surface area (Å²) in [5.41, 5.74) is 5.14. The first-order valence-electron chi connectivity index (χ1n) is 3.46.